The molecule has 0 aromatic heterocycles. The van der Waals surface area contributed by atoms with Crippen LogP contribution in [0.5, 0.6) is 0 Å². The third-order valence-corrected chi connectivity index (χ3v) is 2.70. The standard InChI is InChI=1S/C11H23NO8/c1-20-4-2-3-12-11(19)10(18)9(17)8(16)7(15)6(14)5-13/h6-10,13-18H,2-5H2,1H3,(H,12,19)/t6-,7-,8+,9-,10-/m1/s1. The highest BCUT2D eigenvalue weighted by atomic mass is 16.5. The van der Waals surface area contributed by atoms with E-state index in [2.05, 4.69) is 5.32 Å². The van der Waals surface area contributed by atoms with Crippen LogP contribution in [0.2, 0.25) is 0 Å². The number of nitrogens with one attached hydrogen (secondary N) is 1. The lowest BCUT2D eigenvalue weighted by molar-refractivity contribution is -0.156. The highest BCUT2D eigenvalue weighted by molar-refractivity contribution is 5.81. The lowest BCUT2D eigenvalue weighted by atomic mass is 9.99. The Kier molecular flexibility index (Phi) is 9.59. The normalized spacial score (nSPS) is 18.9. The Bertz CT molecular complexity index is 277. The van der Waals surface area contributed by atoms with Gasteiger partial charge in [-0.25, -0.2) is 0 Å². The summed E-state index contributed by atoms with van der Waals surface area (Å²) in [4.78, 5) is 11.4. The van der Waals surface area contributed by atoms with Crippen molar-refractivity contribution in [2.24, 2.45) is 0 Å². The van der Waals surface area contributed by atoms with Gasteiger partial charge >= 0.3 is 0 Å². The van der Waals surface area contributed by atoms with Crippen LogP contribution in [0.3, 0.4) is 0 Å². The van der Waals surface area contributed by atoms with E-state index in [1.54, 1.807) is 0 Å². The molecule has 0 aliphatic rings. The van der Waals surface area contributed by atoms with Crippen molar-refractivity contribution >= 4 is 5.91 Å². The highest BCUT2D eigenvalue weighted by Gasteiger charge is 2.36. The quantitative estimate of drug-likeness (QED) is 0.200. The molecule has 0 fully saturated rings. The Morgan fingerprint density at radius 3 is 2.20 bits per heavy atom. The zero-order valence-electron chi connectivity index (χ0n) is 11.2. The van der Waals surface area contributed by atoms with Crippen molar-refractivity contribution in [2.75, 3.05) is 26.9 Å². The Hall–Kier alpha value is -0.810. The molecule has 0 saturated heterocycles. The molecule has 20 heavy (non-hydrogen) atoms. The first kappa shape index (κ1) is 19.2. The first-order valence-corrected chi connectivity index (χ1v) is 6.14. The average molecular weight is 297 g/mol. The number of carbonyl (C=O) groups is 1. The predicted molar refractivity (Wildman–Crippen MR) is 66.6 cm³/mol. The number of ether oxygens (including phenoxy) is 1. The Balaban J connectivity index is 4.30. The Labute approximate surface area is 116 Å². The van der Waals surface area contributed by atoms with Gasteiger partial charge in [-0.3, -0.25) is 4.79 Å². The number of aliphatic hydroxyl groups excluding tert-OH is 6. The molecule has 0 saturated carbocycles. The average Bonchev–Trinajstić information content (AvgIpc) is 2.47. The van der Waals surface area contributed by atoms with Crippen molar-refractivity contribution in [3.8, 4) is 0 Å². The monoisotopic (exact) mass is 297 g/mol. The second kappa shape index (κ2) is 10.00. The number of hydrogen-bond donors (Lipinski definition) is 7. The summed E-state index contributed by atoms with van der Waals surface area (Å²) in [5.74, 6) is -0.932. The van der Waals surface area contributed by atoms with Gasteiger partial charge in [0.25, 0.3) is 5.91 Å². The van der Waals surface area contributed by atoms with Crippen molar-refractivity contribution in [1.82, 2.24) is 5.32 Å². The molecule has 0 aromatic rings. The molecule has 0 bridgehead atoms. The van der Waals surface area contributed by atoms with Crippen LogP contribution < -0.4 is 5.32 Å². The molecular formula is C11H23NO8. The summed E-state index contributed by atoms with van der Waals surface area (Å²) in [6.07, 6.45) is -9.07. The van der Waals surface area contributed by atoms with Crippen LogP contribution in [0, 0.1) is 0 Å². The molecule has 0 spiro atoms. The minimum atomic E-state index is -2.01. The van der Waals surface area contributed by atoms with Gasteiger partial charge in [-0.05, 0) is 6.42 Å². The van der Waals surface area contributed by atoms with E-state index in [-0.39, 0.29) is 6.54 Å². The van der Waals surface area contributed by atoms with Gasteiger partial charge < -0.3 is 40.7 Å². The molecule has 9 heteroatoms. The molecule has 0 heterocycles. The van der Waals surface area contributed by atoms with Gasteiger partial charge in [0.1, 0.15) is 24.4 Å². The van der Waals surface area contributed by atoms with Crippen LogP contribution in [0.25, 0.3) is 0 Å². The number of hydrogen-bond acceptors (Lipinski definition) is 8. The summed E-state index contributed by atoms with van der Waals surface area (Å²) in [6.45, 7) is -0.235. The largest absolute Gasteiger partial charge is 0.394 e. The first-order valence-electron chi connectivity index (χ1n) is 6.14. The van der Waals surface area contributed by atoms with E-state index in [1.807, 2.05) is 0 Å². The summed E-state index contributed by atoms with van der Waals surface area (Å²) < 4.78 is 4.75. The van der Waals surface area contributed by atoms with Crippen molar-refractivity contribution < 1.29 is 40.2 Å². The molecule has 0 unspecified atom stereocenters. The zero-order chi connectivity index (χ0) is 15.7. The summed E-state index contributed by atoms with van der Waals surface area (Å²) in [5, 5.41) is 57.9. The number of methoxy groups -OCH3 is 1. The highest BCUT2D eigenvalue weighted by Crippen LogP contribution is 2.08. The fourth-order valence-corrected chi connectivity index (χ4v) is 1.41. The van der Waals surface area contributed by atoms with Gasteiger partial charge in [-0.15, -0.1) is 0 Å². The van der Waals surface area contributed by atoms with Crippen LogP contribution in [0.15, 0.2) is 0 Å². The van der Waals surface area contributed by atoms with Gasteiger partial charge in [-0.1, -0.05) is 0 Å². The number of amides is 1. The molecule has 9 nitrogen and oxygen atoms in total. The topological polar surface area (TPSA) is 160 Å². The van der Waals surface area contributed by atoms with E-state index < -0.39 is 43.0 Å². The molecule has 0 aromatic carbocycles. The molecule has 5 atom stereocenters. The van der Waals surface area contributed by atoms with Crippen molar-refractivity contribution in [1.29, 1.82) is 0 Å². The first-order chi connectivity index (χ1) is 9.36. The minimum Gasteiger partial charge on any atom is -0.394 e. The molecule has 120 valence electrons. The van der Waals surface area contributed by atoms with E-state index in [0.29, 0.717) is 13.0 Å². The summed E-state index contributed by atoms with van der Waals surface area (Å²) in [5.41, 5.74) is 0. The smallest absolute Gasteiger partial charge is 0.251 e. The maximum atomic E-state index is 11.4. The lowest BCUT2D eigenvalue weighted by Gasteiger charge is -2.27. The second-order valence-electron chi connectivity index (χ2n) is 4.30. The van der Waals surface area contributed by atoms with Gasteiger partial charge in [0.2, 0.25) is 0 Å². The fourth-order valence-electron chi connectivity index (χ4n) is 1.41. The van der Waals surface area contributed by atoms with Gasteiger partial charge in [0.15, 0.2) is 6.10 Å². The predicted octanol–water partition coefficient (Wildman–Crippen LogP) is -4.06. The van der Waals surface area contributed by atoms with Crippen molar-refractivity contribution in [3.05, 3.63) is 0 Å². The van der Waals surface area contributed by atoms with Gasteiger partial charge in [0, 0.05) is 20.3 Å². The molecule has 1 amide bonds. The van der Waals surface area contributed by atoms with Crippen LogP contribution in [-0.4, -0.2) is 93.9 Å². The maximum absolute atomic E-state index is 11.4. The fraction of sp³-hybridized carbons (Fsp3) is 0.909. The third-order valence-electron chi connectivity index (χ3n) is 2.70. The summed E-state index contributed by atoms with van der Waals surface area (Å²) in [7, 11) is 1.49. The second-order valence-corrected chi connectivity index (χ2v) is 4.30. The van der Waals surface area contributed by atoms with E-state index >= 15 is 0 Å². The summed E-state index contributed by atoms with van der Waals surface area (Å²) in [6, 6.07) is 0. The third kappa shape index (κ3) is 6.09. The summed E-state index contributed by atoms with van der Waals surface area (Å²) >= 11 is 0. The van der Waals surface area contributed by atoms with Crippen molar-refractivity contribution in [2.45, 2.75) is 36.9 Å². The van der Waals surface area contributed by atoms with E-state index in [0.717, 1.165) is 0 Å². The number of carbonyl (C=O) groups excluding carboxylic acids is 1. The number of rotatable bonds is 10. The van der Waals surface area contributed by atoms with E-state index in [1.165, 1.54) is 7.11 Å². The molecule has 0 radical (unpaired) electrons. The van der Waals surface area contributed by atoms with Gasteiger partial charge in [0.05, 0.1) is 6.61 Å². The molecule has 7 N–H and O–H groups in total. The lowest BCUT2D eigenvalue weighted by Crippen LogP contribution is -2.54. The van der Waals surface area contributed by atoms with E-state index in [4.69, 9.17) is 14.9 Å². The van der Waals surface area contributed by atoms with Crippen LogP contribution >= 0.6 is 0 Å². The minimum absolute atomic E-state index is 0.203. The molecular weight excluding hydrogens is 274 g/mol. The molecule has 0 aliphatic carbocycles. The zero-order valence-corrected chi connectivity index (χ0v) is 11.2. The SMILES string of the molecule is COCCCNC(=O)[C@H](O)[C@H](O)[C@@H](O)[C@H](O)[C@H](O)CO. The van der Waals surface area contributed by atoms with E-state index in [9.17, 15) is 25.2 Å². The molecule has 0 rings (SSSR count). The van der Waals surface area contributed by atoms with Crippen molar-refractivity contribution in [3.63, 3.8) is 0 Å². The van der Waals surface area contributed by atoms with Crippen LogP contribution in [0.1, 0.15) is 6.42 Å². The van der Waals surface area contributed by atoms with Crippen LogP contribution in [-0.2, 0) is 9.53 Å². The van der Waals surface area contributed by atoms with Gasteiger partial charge in [-0.2, -0.15) is 0 Å². The molecule has 0 aliphatic heterocycles. The van der Waals surface area contributed by atoms with Crippen LogP contribution in [0.4, 0.5) is 0 Å². The Morgan fingerprint density at radius 2 is 1.70 bits per heavy atom. The number of aliphatic hydroxyl groups is 6. The Morgan fingerprint density at radius 1 is 1.10 bits per heavy atom. The maximum Gasteiger partial charge on any atom is 0.251 e.